The second-order valence-corrected chi connectivity index (χ2v) is 5.80. The first kappa shape index (κ1) is 14.7. The summed E-state index contributed by atoms with van der Waals surface area (Å²) in [6, 6.07) is 3.78. The first-order chi connectivity index (χ1) is 11.7. The molecule has 0 atom stereocenters. The van der Waals surface area contributed by atoms with Crippen LogP contribution < -0.4 is 15.5 Å². The smallest absolute Gasteiger partial charge is 0.277 e. The number of rotatable bonds is 3. The Balaban J connectivity index is 1.61. The Bertz CT molecular complexity index is 849. The molecule has 7 nitrogen and oxygen atoms in total. The summed E-state index contributed by atoms with van der Waals surface area (Å²) in [7, 11) is 0. The number of carbonyl (C=O) groups excluding carboxylic acids is 1. The van der Waals surface area contributed by atoms with Crippen LogP contribution in [0.5, 0.6) is 0 Å². The molecule has 2 aliphatic heterocycles. The first-order valence-corrected chi connectivity index (χ1v) is 7.92. The third kappa shape index (κ3) is 2.70. The fraction of sp³-hybridized carbons (Fsp3) is 0.312. The van der Waals surface area contributed by atoms with E-state index in [0.29, 0.717) is 17.2 Å². The fourth-order valence-corrected chi connectivity index (χ4v) is 2.88. The van der Waals surface area contributed by atoms with Crippen molar-refractivity contribution in [3.05, 3.63) is 47.8 Å². The maximum atomic E-state index is 13.0. The zero-order valence-electron chi connectivity index (χ0n) is 13.0. The standard InChI is InChI=1S/C16H17FN6O/c17-11-3-4-13(18-9-11)20-16(24)12-10-19-14-5-6-15(21-23(12)14)22-7-1-2-8-22/h3-6,10,18H,1-2,7-9H2,(H,20,24). The molecule has 0 bridgehead atoms. The lowest BCUT2D eigenvalue weighted by molar-refractivity contribution is 0.0956. The SMILES string of the molecule is O=C(NC1=CC=C(F)CN1)c1cnc2ccc(N3CCCC3)nn12. The van der Waals surface area contributed by atoms with Gasteiger partial charge in [0.15, 0.2) is 11.3 Å². The number of hydrogen-bond donors (Lipinski definition) is 2. The van der Waals surface area contributed by atoms with Crippen molar-refractivity contribution in [1.82, 2.24) is 25.2 Å². The maximum Gasteiger partial charge on any atom is 0.277 e. The number of dihydropyridines is 1. The van der Waals surface area contributed by atoms with Gasteiger partial charge in [0.2, 0.25) is 0 Å². The molecule has 0 spiro atoms. The van der Waals surface area contributed by atoms with E-state index in [4.69, 9.17) is 0 Å². The number of allylic oxidation sites excluding steroid dienone is 2. The first-order valence-electron chi connectivity index (χ1n) is 7.92. The number of aromatic nitrogens is 3. The molecule has 24 heavy (non-hydrogen) atoms. The monoisotopic (exact) mass is 328 g/mol. The Hall–Kier alpha value is -2.90. The van der Waals surface area contributed by atoms with Crippen LogP contribution in [0, 0.1) is 0 Å². The molecule has 8 heteroatoms. The van der Waals surface area contributed by atoms with Crippen LogP contribution in [0.1, 0.15) is 23.3 Å². The van der Waals surface area contributed by atoms with Crippen LogP contribution in [0.3, 0.4) is 0 Å². The highest BCUT2D eigenvalue weighted by Gasteiger charge is 2.18. The summed E-state index contributed by atoms with van der Waals surface area (Å²) in [5.41, 5.74) is 0.948. The van der Waals surface area contributed by atoms with Crippen LogP contribution in [-0.4, -0.2) is 40.1 Å². The van der Waals surface area contributed by atoms with E-state index >= 15 is 0 Å². The van der Waals surface area contributed by atoms with Gasteiger partial charge in [-0.2, -0.15) is 0 Å². The minimum atomic E-state index is -0.344. The molecule has 1 fully saturated rings. The minimum absolute atomic E-state index is 0.0661. The zero-order chi connectivity index (χ0) is 16.5. The van der Waals surface area contributed by atoms with Gasteiger partial charge in [0.25, 0.3) is 5.91 Å². The molecule has 0 saturated carbocycles. The Morgan fingerprint density at radius 1 is 1.25 bits per heavy atom. The Morgan fingerprint density at radius 3 is 2.83 bits per heavy atom. The molecule has 4 rings (SSSR count). The number of imidazole rings is 1. The summed E-state index contributed by atoms with van der Waals surface area (Å²) < 4.78 is 14.5. The van der Waals surface area contributed by atoms with Gasteiger partial charge in [0, 0.05) is 13.1 Å². The van der Waals surface area contributed by atoms with Crippen molar-refractivity contribution in [2.45, 2.75) is 12.8 Å². The summed E-state index contributed by atoms with van der Waals surface area (Å²) in [6.45, 7) is 2.02. The van der Waals surface area contributed by atoms with E-state index in [1.807, 2.05) is 12.1 Å². The number of hydrogen-bond acceptors (Lipinski definition) is 5. The van der Waals surface area contributed by atoms with Crippen molar-refractivity contribution in [2.75, 3.05) is 24.5 Å². The molecule has 1 amide bonds. The van der Waals surface area contributed by atoms with Crippen LogP contribution >= 0.6 is 0 Å². The number of nitrogens with one attached hydrogen (secondary N) is 2. The summed E-state index contributed by atoms with van der Waals surface area (Å²) >= 11 is 0. The molecule has 2 N–H and O–H groups in total. The van der Waals surface area contributed by atoms with E-state index in [0.717, 1.165) is 31.7 Å². The highest BCUT2D eigenvalue weighted by molar-refractivity contribution is 5.94. The van der Waals surface area contributed by atoms with Crippen molar-refractivity contribution in [3.63, 3.8) is 0 Å². The summed E-state index contributed by atoms with van der Waals surface area (Å²) in [5, 5.41) is 10.1. The fourth-order valence-electron chi connectivity index (χ4n) is 2.88. The van der Waals surface area contributed by atoms with Gasteiger partial charge in [-0.15, -0.1) is 5.10 Å². The van der Waals surface area contributed by atoms with Gasteiger partial charge in [-0.05, 0) is 37.1 Å². The molecule has 0 aliphatic carbocycles. The van der Waals surface area contributed by atoms with Gasteiger partial charge in [0.05, 0.1) is 12.7 Å². The largest absolute Gasteiger partial charge is 0.365 e. The Labute approximate surface area is 137 Å². The molecule has 2 aliphatic rings. The lowest BCUT2D eigenvalue weighted by Gasteiger charge is -2.16. The van der Waals surface area contributed by atoms with E-state index < -0.39 is 0 Å². The van der Waals surface area contributed by atoms with E-state index in [2.05, 4.69) is 25.6 Å². The van der Waals surface area contributed by atoms with E-state index in [-0.39, 0.29) is 18.3 Å². The third-order valence-electron chi connectivity index (χ3n) is 4.14. The summed E-state index contributed by atoms with van der Waals surface area (Å²) in [4.78, 5) is 18.9. The van der Waals surface area contributed by atoms with Crippen molar-refractivity contribution in [1.29, 1.82) is 0 Å². The predicted octanol–water partition coefficient (Wildman–Crippen LogP) is 1.36. The van der Waals surface area contributed by atoms with Gasteiger partial charge < -0.3 is 15.5 Å². The predicted molar refractivity (Wildman–Crippen MR) is 87.2 cm³/mol. The Morgan fingerprint density at radius 2 is 2.08 bits per heavy atom. The second-order valence-electron chi connectivity index (χ2n) is 5.80. The normalized spacial score (nSPS) is 17.5. The number of nitrogens with zero attached hydrogens (tertiary/aromatic N) is 4. The third-order valence-corrected chi connectivity index (χ3v) is 4.14. The number of halogens is 1. The second kappa shape index (κ2) is 5.95. The molecule has 2 aromatic heterocycles. The molecule has 1 saturated heterocycles. The van der Waals surface area contributed by atoms with E-state index in [9.17, 15) is 9.18 Å². The highest BCUT2D eigenvalue weighted by Crippen LogP contribution is 2.18. The van der Waals surface area contributed by atoms with Crippen LogP contribution in [0.15, 0.2) is 42.1 Å². The molecular weight excluding hydrogens is 311 g/mol. The van der Waals surface area contributed by atoms with Crippen LogP contribution in [0.25, 0.3) is 5.65 Å². The van der Waals surface area contributed by atoms with Gasteiger partial charge in [-0.25, -0.2) is 13.9 Å². The number of amides is 1. The van der Waals surface area contributed by atoms with Crippen molar-refractivity contribution in [3.8, 4) is 0 Å². The molecule has 0 radical (unpaired) electrons. The van der Waals surface area contributed by atoms with Gasteiger partial charge in [-0.1, -0.05) is 0 Å². The zero-order valence-corrected chi connectivity index (χ0v) is 13.0. The van der Waals surface area contributed by atoms with E-state index in [1.165, 1.54) is 18.3 Å². The summed E-state index contributed by atoms with van der Waals surface area (Å²) in [6.07, 6.45) is 6.61. The molecule has 4 heterocycles. The van der Waals surface area contributed by atoms with Crippen LogP contribution in [-0.2, 0) is 0 Å². The maximum absolute atomic E-state index is 13.0. The summed E-state index contributed by atoms with van der Waals surface area (Å²) in [5.74, 6) is 0.668. The van der Waals surface area contributed by atoms with Gasteiger partial charge in [-0.3, -0.25) is 4.79 Å². The average molecular weight is 328 g/mol. The number of anilines is 1. The minimum Gasteiger partial charge on any atom is -0.365 e. The van der Waals surface area contributed by atoms with Gasteiger partial charge in [0.1, 0.15) is 17.5 Å². The van der Waals surface area contributed by atoms with Crippen molar-refractivity contribution < 1.29 is 9.18 Å². The van der Waals surface area contributed by atoms with Crippen LogP contribution in [0.2, 0.25) is 0 Å². The topological polar surface area (TPSA) is 74.6 Å². The molecular formula is C16H17FN6O. The quantitative estimate of drug-likeness (QED) is 0.890. The van der Waals surface area contributed by atoms with Gasteiger partial charge >= 0.3 is 0 Å². The lowest BCUT2D eigenvalue weighted by Crippen LogP contribution is -2.34. The Kier molecular flexibility index (Phi) is 3.64. The molecule has 0 unspecified atom stereocenters. The number of carbonyl (C=O) groups is 1. The average Bonchev–Trinajstić information content (AvgIpc) is 3.25. The van der Waals surface area contributed by atoms with E-state index in [1.54, 1.807) is 4.52 Å². The molecule has 2 aromatic rings. The van der Waals surface area contributed by atoms with Crippen molar-refractivity contribution in [2.24, 2.45) is 0 Å². The lowest BCUT2D eigenvalue weighted by atomic mass is 10.3. The highest BCUT2D eigenvalue weighted by atomic mass is 19.1. The molecule has 124 valence electrons. The number of fused-ring (bicyclic) bond motifs is 1. The van der Waals surface area contributed by atoms with Crippen molar-refractivity contribution >= 4 is 17.4 Å². The van der Waals surface area contributed by atoms with Crippen LogP contribution in [0.4, 0.5) is 10.2 Å². The molecule has 0 aromatic carbocycles.